The molecule has 1 fully saturated rings. The van der Waals surface area contributed by atoms with Gasteiger partial charge >= 0.3 is 0 Å². The fourth-order valence-electron chi connectivity index (χ4n) is 2.25. The zero-order valence-corrected chi connectivity index (χ0v) is 12.1. The molecule has 0 aliphatic carbocycles. The Bertz CT molecular complexity index is 496. The molecule has 1 aromatic rings. The standard InChI is InChI=1S/C13H15Cl2FN2O/c1-17-8-3-2-4-18(7-8)13(19)9-5-12(16)11(15)6-10(9)14/h5-6,8,17H,2-4,7H2,1H3/t8-/m0/s1. The van der Waals surface area contributed by atoms with Crippen LogP contribution < -0.4 is 5.32 Å². The highest BCUT2D eigenvalue weighted by Crippen LogP contribution is 2.26. The van der Waals surface area contributed by atoms with Gasteiger partial charge in [-0.2, -0.15) is 0 Å². The van der Waals surface area contributed by atoms with Crippen molar-refractivity contribution in [3.05, 3.63) is 33.6 Å². The molecular weight excluding hydrogens is 290 g/mol. The van der Waals surface area contributed by atoms with E-state index in [0.29, 0.717) is 13.1 Å². The summed E-state index contributed by atoms with van der Waals surface area (Å²) in [4.78, 5) is 14.0. The fourth-order valence-corrected chi connectivity index (χ4v) is 2.72. The molecule has 1 heterocycles. The van der Waals surface area contributed by atoms with Crippen LogP contribution in [0.3, 0.4) is 0 Å². The number of benzene rings is 1. The smallest absolute Gasteiger partial charge is 0.255 e. The number of amides is 1. The predicted octanol–water partition coefficient (Wildman–Crippen LogP) is 2.96. The third-order valence-electron chi connectivity index (χ3n) is 3.36. The Hall–Kier alpha value is -0.840. The van der Waals surface area contributed by atoms with Crippen LogP contribution in [0.1, 0.15) is 23.2 Å². The molecule has 6 heteroatoms. The van der Waals surface area contributed by atoms with E-state index in [2.05, 4.69) is 5.32 Å². The maximum Gasteiger partial charge on any atom is 0.255 e. The maximum atomic E-state index is 13.5. The van der Waals surface area contributed by atoms with E-state index in [1.54, 1.807) is 4.90 Å². The zero-order valence-electron chi connectivity index (χ0n) is 10.5. The highest BCUT2D eigenvalue weighted by molar-refractivity contribution is 6.36. The number of carbonyl (C=O) groups excluding carboxylic acids is 1. The van der Waals surface area contributed by atoms with Gasteiger partial charge in [0.2, 0.25) is 0 Å². The summed E-state index contributed by atoms with van der Waals surface area (Å²) in [6, 6.07) is 2.65. The second kappa shape index (κ2) is 6.07. The van der Waals surface area contributed by atoms with Gasteiger partial charge in [-0.1, -0.05) is 23.2 Å². The minimum absolute atomic E-state index is 0.0757. The van der Waals surface area contributed by atoms with E-state index in [1.165, 1.54) is 6.07 Å². The first-order chi connectivity index (χ1) is 9.02. The Kier molecular flexibility index (Phi) is 4.66. The van der Waals surface area contributed by atoms with Gasteiger partial charge in [-0.25, -0.2) is 4.39 Å². The van der Waals surface area contributed by atoms with Gasteiger partial charge in [0.25, 0.3) is 5.91 Å². The lowest BCUT2D eigenvalue weighted by Gasteiger charge is -2.32. The van der Waals surface area contributed by atoms with Gasteiger partial charge in [0.05, 0.1) is 15.6 Å². The first kappa shape index (κ1) is 14.6. The number of hydrogen-bond donors (Lipinski definition) is 1. The van der Waals surface area contributed by atoms with Crippen LogP contribution in [0.2, 0.25) is 10.0 Å². The van der Waals surface area contributed by atoms with Crippen molar-refractivity contribution in [2.75, 3.05) is 20.1 Å². The third kappa shape index (κ3) is 3.19. The zero-order chi connectivity index (χ0) is 14.0. The van der Waals surface area contributed by atoms with Crippen molar-refractivity contribution in [3.63, 3.8) is 0 Å². The topological polar surface area (TPSA) is 32.3 Å². The summed E-state index contributed by atoms with van der Waals surface area (Å²) in [5.74, 6) is -0.878. The molecule has 3 nitrogen and oxygen atoms in total. The van der Waals surface area contributed by atoms with Crippen molar-refractivity contribution in [1.82, 2.24) is 10.2 Å². The minimum Gasteiger partial charge on any atom is -0.337 e. The molecule has 1 N–H and O–H groups in total. The summed E-state index contributed by atoms with van der Waals surface area (Å²) < 4.78 is 13.5. The van der Waals surface area contributed by atoms with Gasteiger partial charge in [0, 0.05) is 19.1 Å². The number of nitrogens with zero attached hydrogens (tertiary/aromatic N) is 1. The molecular formula is C13H15Cl2FN2O. The summed E-state index contributed by atoms with van der Waals surface area (Å²) in [6.07, 6.45) is 1.95. The first-order valence-electron chi connectivity index (χ1n) is 6.14. The van der Waals surface area contributed by atoms with E-state index in [4.69, 9.17) is 23.2 Å². The quantitative estimate of drug-likeness (QED) is 0.852. The van der Waals surface area contributed by atoms with Crippen LogP contribution in [0.15, 0.2) is 12.1 Å². The molecule has 1 atom stereocenters. The number of hydrogen-bond acceptors (Lipinski definition) is 2. The maximum absolute atomic E-state index is 13.5. The summed E-state index contributed by atoms with van der Waals surface area (Å²) in [7, 11) is 1.87. The lowest BCUT2D eigenvalue weighted by atomic mass is 10.0. The predicted molar refractivity (Wildman–Crippen MR) is 74.4 cm³/mol. The second-order valence-electron chi connectivity index (χ2n) is 4.63. The fraction of sp³-hybridized carbons (Fsp3) is 0.462. The van der Waals surface area contributed by atoms with Gasteiger partial charge in [-0.15, -0.1) is 0 Å². The SMILES string of the molecule is CN[C@H]1CCCN(C(=O)c2cc(F)c(Cl)cc2Cl)C1. The van der Waals surface area contributed by atoms with E-state index < -0.39 is 5.82 Å². The molecule has 0 saturated carbocycles. The lowest BCUT2D eigenvalue weighted by Crippen LogP contribution is -2.47. The first-order valence-corrected chi connectivity index (χ1v) is 6.89. The van der Waals surface area contributed by atoms with Crippen LogP contribution >= 0.6 is 23.2 Å². The van der Waals surface area contributed by atoms with Gasteiger partial charge in [-0.05, 0) is 32.0 Å². The Balaban J connectivity index is 2.22. The average Bonchev–Trinajstić information content (AvgIpc) is 2.42. The molecule has 1 amide bonds. The number of likely N-dealkylation sites (tertiary alicyclic amines) is 1. The van der Waals surface area contributed by atoms with Gasteiger partial charge < -0.3 is 10.2 Å². The second-order valence-corrected chi connectivity index (χ2v) is 5.44. The number of piperidine rings is 1. The van der Waals surface area contributed by atoms with Crippen molar-refractivity contribution in [3.8, 4) is 0 Å². The van der Waals surface area contributed by atoms with Crippen molar-refractivity contribution < 1.29 is 9.18 Å². The summed E-state index contributed by atoms with van der Waals surface area (Å²) in [5.41, 5.74) is 0.167. The Morgan fingerprint density at radius 2 is 2.16 bits per heavy atom. The highest BCUT2D eigenvalue weighted by Gasteiger charge is 2.25. The van der Waals surface area contributed by atoms with Crippen LogP contribution in [0.25, 0.3) is 0 Å². The molecule has 104 valence electrons. The number of likely N-dealkylation sites (N-methyl/N-ethyl adjacent to an activating group) is 1. The average molecular weight is 305 g/mol. The molecule has 0 bridgehead atoms. The molecule has 1 aliphatic rings. The molecule has 0 aromatic heterocycles. The largest absolute Gasteiger partial charge is 0.337 e. The molecule has 0 spiro atoms. The van der Waals surface area contributed by atoms with Crippen molar-refractivity contribution in [1.29, 1.82) is 0 Å². The molecule has 0 radical (unpaired) electrons. The van der Waals surface area contributed by atoms with E-state index in [0.717, 1.165) is 18.9 Å². The van der Waals surface area contributed by atoms with E-state index in [-0.39, 0.29) is 27.6 Å². The Morgan fingerprint density at radius 1 is 1.42 bits per heavy atom. The van der Waals surface area contributed by atoms with E-state index in [9.17, 15) is 9.18 Å². The number of rotatable bonds is 2. The monoisotopic (exact) mass is 304 g/mol. The van der Waals surface area contributed by atoms with Gasteiger partial charge in [-0.3, -0.25) is 4.79 Å². The van der Waals surface area contributed by atoms with E-state index in [1.807, 2.05) is 7.05 Å². The molecule has 1 saturated heterocycles. The van der Waals surface area contributed by atoms with Crippen LogP contribution in [0.5, 0.6) is 0 Å². The number of carbonyl (C=O) groups is 1. The summed E-state index contributed by atoms with van der Waals surface area (Å²) >= 11 is 11.6. The van der Waals surface area contributed by atoms with Crippen LogP contribution in [-0.2, 0) is 0 Å². The van der Waals surface area contributed by atoms with E-state index >= 15 is 0 Å². The molecule has 1 aliphatic heterocycles. The van der Waals surface area contributed by atoms with Crippen molar-refractivity contribution in [2.24, 2.45) is 0 Å². The number of nitrogens with one attached hydrogen (secondary N) is 1. The van der Waals surface area contributed by atoms with Gasteiger partial charge in [0.15, 0.2) is 0 Å². The van der Waals surface area contributed by atoms with Crippen LogP contribution in [0.4, 0.5) is 4.39 Å². The van der Waals surface area contributed by atoms with Crippen molar-refractivity contribution >= 4 is 29.1 Å². The number of halogens is 3. The van der Waals surface area contributed by atoms with Gasteiger partial charge in [0.1, 0.15) is 5.82 Å². The lowest BCUT2D eigenvalue weighted by molar-refractivity contribution is 0.0698. The normalized spacial score (nSPS) is 19.6. The molecule has 19 heavy (non-hydrogen) atoms. The summed E-state index contributed by atoms with van der Waals surface area (Å²) in [5, 5.41) is 3.26. The third-order valence-corrected chi connectivity index (χ3v) is 3.96. The van der Waals surface area contributed by atoms with Crippen molar-refractivity contribution in [2.45, 2.75) is 18.9 Å². The minimum atomic E-state index is -0.628. The molecule has 2 rings (SSSR count). The van der Waals surface area contributed by atoms with Crippen LogP contribution in [-0.4, -0.2) is 37.0 Å². The molecule has 0 unspecified atom stereocenters. The Morgan fingerprint density at radius 3 is 2.84 bits per heavy atom. The Labute approximate surface area is 121 Å². The van der Waals surface area contributed by atoms with Crippen LogP contribution in [0, 0.1) is 5.82 Å². The summed E-state index contributed by atoms with van der Waals surface area (Å²) in [6.45, 7) is 1.27. The highest BCUT2D eigenvalue weighted by atomic mass is 35.5. The molecule has 1 aromatic carbocycles.